The largest absolute Gasteiger partial charge is 0.323 e. The zero-order chi connectivity index (χ0) is 19.1. The first-order valence-electron chi connectivity index (χ1n) is 9.28. The third kappa shape index (κ3) is 4.14. The fraction of sp³-hybridized carbons (Fsp3) is 0.167. The number of hydrogen-bond donors (Lipinski definition) is 0. The van der Waals surface area contributed by atoms with E-state index in [4.69, 9.17) is 0 Å². The molecule has 0 N–H and O–H groups in total. The van der Waals surface area contributed by atoms with Crippen molar-refractivity contribution in [2.45, 2.75) is 26.3 Å². The summed E-state index contributed by atoms with van der Waals surface area (Å²) < 4.78 is 2.24. The van der Waals surface area contributed by atoms with Gasteiger partial charge >= 0.3 is 0 Å². The summed E-state index contributed by atoms with van der Waals surface area (Å²) in [6, 6.07) is 23.1. The number of hydrogen-bond acceptors (Lipinski definition) is 2. The summed E-state index contributed by atoms with van der Waals surface area (Å²) in [5.41, 5.74) is 5.55. The van der Waals surface area contributed by atoms with Crippen molar-refractivity contribution in [3.8, 4) is 11.3 Å². The van der Waals surface area contributed by atoms with Crippen LogP contribution in [0.25, 0.3) is 22.3 Å². The summed E-state index contributed by atoms with van der Waals surface area (Å²) in [5, 5.41) is 0. The zero-order valence-corrected chi connectivity index (χ0v) is 15.9. The van der Waals surface area contributed by atoms with Crippen molar-refractivity contribution < 1.29 is 0 Å². The third-order valence-electron chi connectivity index (χ3n) is 4.44. The van der Waals surface area contributed by atoms with E-state index >= 15 is 0 Å². The molecule has 3 nitrogen and oxygen atoms in total. The molecule has 0 bridgehead atoms. The van der Waals surface area contributed by atoms with E-state index in [1.807, 2.05) is 43.7 Å². The van der Waals surface area contributed by atoms with Crippen LogP contribution in [0.4, 0.5) is 0 Å². The summed E-state index contributed by atoms with van der Waals surface area (Å²) in [6.45, 7) is 7.45. The highest BCUT2D eigenvalue weighted by atomic mass is 15.1. The molecule has 27 heavy (non-hydrogen) atoms. The number of rotatable bonds is 4. The molecule has 0 amide bonds. The number of allylic oxidation sites excluding steroid dienone is 1. The molecule has 0 spiro atoms. The number of nitrogens with zero attached hydrogens (tertiary/aromatic N) is 3. The van der Waals surface area contributed by atoms with Crippen molar-refractivity contribution >= 4 is 11.0 Å². The van der Waals surface area contributed by atoms with E-state index in [2.05, 4.69) is 70.5 Å². The van der Waals surface area contributed by atoms with Gasteiger partial charge in [-0.3, -0.25) is 4.98 Å². The lowest BCUT2D eigenvalue weighted by Crippen LogP contribution is -2.09. The lowest BCUT2D eigenvalue weighted by Gasteiger charge is -2.18. The van der Waals surface area contributed by atoms with Gasteiger partial charge in [-0.05, 0) is 37.1 Å². The Morgan fingerprint density at radius 1 is 0.963 bits per heavy atom. The monoisotopic (exact) mass is 355 g/mol. The Labute approximate surface area is 161 Å². The van der Waals surface area contributed by atoms with Gasteiger partial charge in [0.05, 0.1) is 29.1 Å². The van der Waals surface area contributed by atoms with E-state index in [9.17, 15) is 0 Å². The highest BCUT2D eigenvalue weighted by Crippen LogP contribution is 2.27. The van der Waals surface area contributed by atoms with Crippen LogP contribution >= 0.6 is 0 Å². The molecule has 0 aliphatic rings. The first kappa shape index (κ1) is 18.6. The maximum absolute atomic E-state index is 4.67. The molecule has 4 rings (SSSR count). The molecule has 136 valence electrons. The fourth-order valence-corrected chi connectivity index (χ4v) is 3.20. The Morgan fingerprint density at radius 3 is 2.33 bits per heavy atom. The average molecular weight is 355 g/mol. The molecule has 1 atom stereocenters. The second-order valence-electron chi connectivity index (χ2n) is 6.32. The number of aromatic nitrogens is 3. The van der Waals surface area contributed by atoms with Crippen LogP contribution in [0, 0.1) is 0 Å². The van der Waals surface area contributed by atoms with Gasteiger partial charge < -0.3 is 4.57 Å². The molecular weight excluding hydrogens is 330 g/mol. The first-order valence-corrected chi connectivity index (χ1v) is 9.28. The molecule has 1 unspecified atom stereocenters. The molecule has 4 aromatic rings. The normalized spacial score (nSPS) is 11.5. The first-order chi connectivity index (χ1) is 13.3. The van der Waals surface area contributed by atoms with Gasteiger partial charge in [-0.25, -0.2) is 4.98 Å². The number of fused-ring (bicyclic) bond motifs is 1. The van der Waals surface area contributed by atoms with Crippen molar-refractivity contribution in [3.05, 3.63) is 97.5 Å². The number of pyridine rings is 1. The second kappa shape index (κ2) is 8.95. The minimum atomic E-state index is 0.245. The Hall–Kier alpha value is -3.20. The lowest BCUT2D eigenvalue weighted by atomic mass is 10.0. The van der Waals surface area contributed by atoms with Crippen LogP contribution in [-0.4, -0.2) is 14.5 Å². The summed E-state index contributed by atoms with van der Waals surface area (Å²) in [6.07, 6.45) is 6.67. The molecule has 0 aliphatic heterocycles. The molecule has 2 heterocycles. The van der Waals surface area contributed by atoms with E-state index in [1.54, 1.807) is 6.08 Å². The molecule has 0 fully saturated rings. The summed E-state index contributed by atoms with van der Waals surface area (Å²) in [7, 11) is 0. The maximum atomic E-state index is 4.67. The van der Waals surface area contributed by atoms with Crippen molar-refractivity contribution in [1.82, 2.24) is 14.5 Å². The van der Waals surface area contributed by atoms with Crippen LogP contribution in [0.2, 0.25) is 0 Å². The number of imidazole rings is 1. The molecule has 3 heteroatoms. The highest BCUT2D eigenvalue weighted by molar-refractivity contribution is 5.75. The standard InChI is InChI=1S/C21H19N3.C3H6/c1-2-20(24-15-23-19-10-6-7-11-21(19)24)17-12-13-18(22-14-17)16-8-4-3-5-9-16;1-3-2/h3-15,20H,2H2,1H3;3H,1H2,2H3. The molecule has 0 saturated heterocycles. The topological polar surface area (TPSA) is 30.7 Å². The Balaban J connectivity index is 0.000000659. The zero-order valence-electron chi connectivity index (χ0n) is 15.9. The van der Waals surface area contributed by atoms with E-state index in [0.29, 0.717) is 0 Å². The molecule has 2 aromatic carbocycles. The summed E-state index contributed by atoms with van der Waals surface area (Å²) in [5.74, 6) is 0. The van der Waals surface area contributed by atoms with E-state index in [-0.39, 0.29) is 6.04 Å². The van der Waals surface area contributed by atoms with E-state index < -0.39 is 0 Å². The molecular formula is C24H25N3. The van der Waals surface area contributed by atoms with Crippen LogP contribution in [0.3, 0.4) is 0 Å². The average Bonchev–Trinajstić information content (AvgIpc) is 3.15. The number of benzene rings is 2. The smallest absolute Gasteiger partial charge is 0.0964 e. The quantitative estimate of drug-likeness (QED) is 0.403. The van der Waals surface area contributed by atoms with Crippen LogP contribution in [-0.2, 0) is 0 Å². The second-order valence-corrected chi connectivity index (χ2v) is 6.32. The lowest BCUT2D eigenvalue weighted by molar-refractivity contribution is 0.579. The minimum absolute atomic E-state index is 0.245. The summed E-state index contributed by atoms with van der Waals surface area (Å²) in [4.78, 5) is 9.19. The Kier molecular flexibility index (Phi) is 6.16. The van der Waals surface area contributed by atoms with Crippen LogP contribution in [0.5, 0.6) is 0 Å². The molecule has 0 saturated carbocycles. The van der Waals surface area contributed by atoms with Gasteiger partial charge in [0, 0.05) is 11.8 Å². The predicted octanol–water partition coefficient (Wildman–Crippen LogP) is 6.29. The molecule has 0 radical (unpaired) electrons. The Bertz CT molecular complexity index is 985. The third-order valence-corrected chi connectivity index (χ3v) is 4.44. The van der Waals surface area contributed by atoms with Gasteiger partial charge in [-0.2, -0.15) is 0 Å². The van der Waals surface area contributed by atoms with Gasteiger partial charge in [-0.1, -0.05) is 61.5 Å². The predicted molar refractivity (Wildman–Crippen MR) is 114 cm³/mol. The Morgan fingerprint density at radius 2 is 1.67 bits per heavy atom. The van der Waals surface area contributed by atoms with Crippen molar-refractivity contribution in [2.75, 3.05) is 0 Å². The van der Waals surface area contributed by atoms with Crippen molar-refractivity contribution in [3.63, 3.8) is 0 Å². The highest BCUT2D eigenvalue weighted by Gasteiger charge is 2.15. The fourth-order valence-electron chi connectivity index (χ4n) is 3.20. The maximum Gasteiger partial charge on any atom is 0.0964 e. The van der Waals surface area contributed by atoms with Crippen LogP contribution in [0.15, 0.2) is 91.9 Å². The van der Waals surface area contributed by atoms with E-state index in [0.717, 1.165) is 28.7 Å². The van der Waals surface area contributed by atoms with Gasteiger partial charge in [0.25, 0.3) is 0 Å². The van der Waals surface area contributed by atoms with Gasteiger partial charge in [0.1, 0.15) is 0 Å². The van der Waals surface area contributed by atoms with Gasteiger partial charge in [0.2, 0.25) is 0 Å². The van der Waals surface area contributed by atoms with Crippen LogP contribution < -0.4 is 0 Å². The SMILES string of the molecule is C=CC.CCC(c1ccc(-c2ccccc2)nc1)n1cnc2ccccc21. The number of para-hydroxylation sites is 2. The molecule has 0 aliphatic carbocycles. The van der Waals surface area contributed by atoms with Gasteiger partial charge in [0.15, 0.2) is 0 Å². The molecule has 2 aromatic heterocycles. The minimum Gasteiger partial charge on any atom is -0.323 e. The van der Waals surface area contributed by atoms with Gasteiger partial charge in [-0.15, -0.1) is 6.58 Å². The summed E-state index contributed by atoms with van der Waals surface area (Å²) >= 11 is 0. The van der Waals surface area contributed by atoms with Crippen molar-refractivity contribution in [1.29, 1.82) is 0 Å². The van der Waals surface area contributed by atoms with Crippen LogP contribution in [0.1, 0.15) is 31.9 Å². The van der Waals surface area contributed by atoms with Crippen molar-refractivity contribution in [2.24, 2.45) is 0 Å². The van der Waals surface area contributed by atoms with E-state index in [1.165, 1.54) is 5.56 Å².